The van der Waals surface area contributed by atoms with Gasteiger partial charge in [0.2, 0.25) is 17.6 Å². The first kappa shape index (κ1) is 16.4. The van der Waals surface area contributed by atoms with Gasteiger partial charge in [0.25, 0.3) is 0 Å². The van der Waals surface area contributed by atoms with Crippen LogP contribution in [0, 0.1) is 0 Å². The fourth-order valence-corrected chi connectivity index (χ4v) is 3.10. The quantitative estimate of drug-likeness (QED) is 0.684. The third-order valence-electron chi connectivity index (χ3n) is 4.66. The largest absolute Gasteiger partial charge is 0.341 e. The van der Waals surface area contributed by atoms with Crippen molar-refractivity contribution >= 4 is 5.91 Å². The Morgan fingerprint density at radius 3 is 2.65 bits per heavy atom. The molecule has 1 fully saturated rings. The van der Waals surface area contributed by atoms with Gasteiger partial charge in [-0.05, 0) is 30.5 Å². The number of hydrogen-bond donors (Lipinski definition) is 0. The number of aryl methyl sites for hydroxylation is 1. The minimum atomic E-state index is 0.135. The number of aromatic nitrogens is 3. The highest BCUT2D eigenvalue weighted by Crippen LogP contribution is 2.28. The van der Waals surface area contributed by atoms with Gasteiger partial charge in [-0.3, -0.25) is 9.78 Å². The van der Waals surface area contributed by atoms with Crippen LogP contribution in [0.3, 0.4) is 0 Å². The molecule has 1 saturated heterocycles. The maximum absolute atomic E-state index is 12.3. The van der Waals surface area contributed by atoms with Gasteiger partial charge in [-0.2, -0.15) is 4.98 Å². The molecule has 3 aromatic rings. The van der Waals surface area contributed by atoms with E-state index in [0.717, 1.165) is 18.4 Å². The Kier molecular flexibility index (Phi) is 4.73. The van der Waals surface area contributed by atoms with E-state index in [1.165, 1.54) is 5.56 Å². The molecule has 26 heavy (non-hydrogen) atoms. The summed E-state index contributed by atoms with van der Waals surface area (Å²) < 4.78 is 5.37. The molecule has 0 unspecified atom stereocenters. The average Bonchev–Trinajstić information content (AvgIpc) is 3.12. The molecule has 4 rings (SSSR count). The Bertz CT molecular complexity index is 858. The van der Waals surface area contributed by atoms with Gasteiger partial charge < -0.3 is 9.42 Å². The number of carbonyl (C=O) groups excluding carboxylic acids is 1. The topological polar surface area (TPSA) is 72.1 Å². The molecule has 0 spiro atoms. The van der Waals surface area contributed by atoms with E-state index in [0.29, 0.717) is 31.2 Å². The van der Waals surface area contributed by atoms with Crippen LogP contribution < -0.4 is 0 Å². The highest BCUT2D eigenvalue weighted by Gasteiger charge is 2.35. The van der Waals surface area contributed by atoms with Crippen LogP contribution in [0.15, 0.2) is 59.4 Å². The molecule has 0 N–H and O–H groups in total. The molecule has 2 aromatic heterocycles. The minimum absolute atomic E-state index is 0.135. The van der Waals surface area contributed by atoms with Crippen molar-refractivity contribution < 1.29 is 9.32 Å². The maximum Gasteiger partial charge on any atom is 0.233 e. The smallest absolute Gasteiger partial charge is 0.233 e. The SMILES string of the molecule is O=C(CCCc1ccccc1)N1CC(c2nc(-c3ccncc3)no2)C1. The lowest BCUT2D eigenvalue weighted by molar-refractivity contribution is -0.136. The number of hydrogen-bond acceptors (Lipinski definition) is 5. The number of carbonyl (C=O) groups is 1. The Balaban J connectivity index is 1.25. The summed E-state index contributed by atoms with van der Waals surface area (Å²) in [6.07, 6.45) is 5.78. The summed E-state index contributed by atoms with van der Waals surface area (Å²) in [6.45, 7) is 1.31. The normalized spacial score (nSPS) is 14.2. The first-order valence-electron chi connectivity index (χ1n) is 8.85. The lowest BCUT2D eigenvalue weighted by Crippen LogP contribution is -2.48. The van der Waals surface area contributed by atoms with Crippen molar-refractivity contribution in [3.05, 3.63) is 66.3 Å². The second-order valence-electron chi connectivity index (χ2n) is 6.53. The van der Waals surface area contributed by atoms with E-state index in [9.17, 15) is 4.79 Å². The number of nitrogens with zero attached hydrogens (tertiary/aromatic N) is 4. The fraction of sp³-hybridized carbons (Fsp3) is 0.300. The standard InChI is InChI=1S/C20H20N4O2/c25-18(8-4-7-15-5-2-1-3-6-15)24-13-17(14-24)20-22-19(23-26-20)16-9-11-21-12-10-16/h1-3,5-6,9-12,17H,4,7-8,13-14H2. The zero-order valence-corrected chi connectivity index (χ0v) is 14.4. The first-order chi connectivity index (χ1) is 12.8. The molecular weight excluding hydrogens is 328 g/mol. The third-order valence-corrected chi connectivity index (χ3v) is 4.66. The Morgan fingerprint density at radius 1 is 1.12 bits per heavy atom. The number of rotatable bonds is 6. The van der Waals surface area contributed by atoms with Crippen molar-refractivity contribution in [1.29, 1.82) is 0 Å². The average molecular weight is 348 g/mol. The highest BCUT2D eigenvalue weighted by atomic mass is 16.5. The molecule has 6 nitrogen and oxygen atoms in total. The van der Waals surface area contributed by atoms with Crippen molar-refractivity contribution in [2.75, 3.05) is 13.1 Å². The molecule has 0 radical (unpaired) electrons. The van der Waals surface area contributed by atoms with Crippen LogP contribution in [0.2, 0.25) is 0 Å². The predicted molar refractivity (Wildman–Crippen MR) is 96.2 cm³/mol. The molecule has 0 atom stereocenters. The van der Waals surface area contributed by atoms with Crippen molar-refractivity contribution in [3.63, 3.8) is 0 Å². The number of likely N-dealkylation sites (tertiary alicyclic amines) is 1. The predicted octanol–water partition coefficient (Wildman–Crippen LogP) is 3.08. The molecule has 0 saturated carbocycles. The molecule has 1 aliphatic heterocycles. The maximum atomic E-state index is 12.3. The van der Waals surface area contributed by atoms with Crippen molar-refractivity contribution in [3.8, 4) is 11.4 Å². The van der Waals surface area contributed by atoms with Crippen molar-refractivity contribution in [1.82, 2.24) is 20.0 Å². The lowest BCUT2D eigenvalue weighted by atomic mass is 9.99. The highest BCUT2D eigenvalue weighted by molar-refractivity contribution is 5.77. The van der Waals surface area contributed by atoms with Crippen LogP contribution in [-0.2, 0) is 11.2 Å². The van der Waals surface area contributed by atoms with Crippen LogP contribution in [0.25, 0.3) is 11.4 Å². The van der Waals surface area contributed by atoms with E-state index in [1.807, 2.05) is 35.2 Å². The van der Waals surface area contributed by atoms with Gasteiger partial charge in [0.15, 0.2) is 0 Å². The summed E-state index contributed by atoms with van der Waals surface area (Å²) in [5.74, 6) is 1.50. The van der Waals surface area contributed by atoms with Gasteiger partial charge >= 0.3 is 0 Å². The van der Waals surface area contributed by atoms with Crippen LogP contribution >= 0.6 is 0 Å². The molecule has 0 bridgehead atoms. The zero-order chi connectivity index (χ0) is 17.8. The van der Waals surface area contributed by atoms with Gasteiger partial charge in [-0.15, -0.1) is 0 Å². The van der Waals surface area contributed by atoms with Gasteiger partial charge in [-0.25, -0.2) is 0 Å². The fourth-order valence-electron chi connectivity index (χ4n) is 3.10. The van der Waals surface area contributed by atoms with Crippen molar-refractivity contribution in [2.24, 2.45) is 0 Å². The van der Waals surface area contributed by atoms with Crippen LogP contribution in [0.4, 0.5) is 0 Å². The molecule has 0 aliphatic carbocycles. The number of pyridine rings is 1. The van der Waals surface area contributed by atoms with E-state index in [1.54, 1.807) is 12.4 Å². The van der Waals surface area contributed by atoms with E-state index in [-0.39, 0.29) is 11.8 Å². The van der Waals surface area contributed by atoms with E-state index < -0.39 is 0 Å². The Hall–Kier alpha value is -3.02. The summed E-state index contributed by atoms with van der Waals surface area (Å²) in [5, 5.41) is 4.03. The number of benzene rings is 1. The summed E-state index contributed by atoms with van der Waals surface area (Å²) in [4.78, 5) is 22.6. The van der Waals surface area contributed by atoms with E-state index in [2.05, 4.69) is 27.3 Å². The summed E-state index contributed by atoms with van der Waals surface area (Å²) in [6, 6.07) is 14.0. The van der Waals surface area contributed by atoms with E-state index in [4.69, 9.17) is 4.52 Å². The molecule has 3 heterocycles. The second kappa shape index (κ2) is 7.47. The molecule has 1 amide bonds. The Morgan fingerprint density at radius 2 is 1.88 bits per heavy atom. The zero-order valence-electron chi connectivity index (χ0n) is 14.4. The monoisotopic (exact) mass is 348 g/mol. The molecular formula is C20H20N4O2. The number of amides is 1. The summed E-state index contributed by atoms with van der Waals surface area (Å²) >= 11 is 0. The van der Waals surface area contributed by atoms with Crippen molar-refractivity contribution in [2.45, 2.75) is 25.2 Å². The van der Waals surface area contributed by atoms with Crippen LogP contribution in [-0.4, -0.2) is 39.0 Å². The third kappa shape index (κ3) is 3.64. The second-order valence-corrected chi connectivity index (χ2v) is 6.53. The van der Waals surface area contributed by atoms with Gasteiger partial charge in [0.05, 0.1) is 5.92 Å². The van der Waals surface area contributed by atoms with E-state index >= 15 is 0 Å². The first-order valence-corrected chi connectivity index (χ1v) is 8.85. The molecule has 1 aromatic carbocycles. The van der Waals surface area contributed by atoms with Gasteiger partial charge in [-0.1, -0.05) is 35.5 Å². The minimum Gasteiger partial charge on any atom is -0.341 e. The molecule has 1 aliphatic rings. The summed E-state index contributed by atoms with van der Waals surface area (Å²) in [7, 11) is 0. The van der Waals surface area contributed by atoms with Gasteiger partial charge in [0.1, 0.15) is 0 Å². The Labute approximate surface area is 151 Å². The molecule has 6 heteroatoms. The van der Waals surface area contributed by atoms with Crippen LogP contribution in [0.5, 0.6) is 0 Å². The van der Waals surface area contributed by atoms with Crippen LogP contribution in [0.1, 0.15) is 30.2 Å². The molecule has 132 valence electrons. The van der Waals surface area contributed by atoms with Gasteiger partial charge in [0, 0.05) is 37.5 Å². The summed E-state index contributed by atoms with van der Waals surface area (Å²) in [5.41, 5.74) is 2.15. The lowest BCUT2D eigenvalue weighted by Gasteiger charge is -2.37.